The van der Waals surface area contributed by atoms with Crippen LogP contribution in [-0.4, -0.2) is 43.7 Å². The highest BCUT2D eigenvalue weighted by atomic mass is 32.1. The largest absolute Gasteiger partial charge is 0.395 e. The van der Waals surface area contributed by atoms with Gasteiger partial charge in [-0.1, -0.05) is 0 Å². The number of ether oxygens (including phenoxy) is 1. The van der Waals surface area contributed by atoms with Crippen LogP contribution in [0, 0.1) is 0 Å². The third-order valence-electron chi connectivity index (χ3n) is 3.51. The predicted molar refractivity (Wildman–Crippen MR) is 80.1 cm³/mol. The number of likely N-dealkylation sites (N-methyl/N-ethyl adjacent to an activating group) is 1. The molecule has 7 heteroatoms. The number of aromatic nitrogens is 1. The molecule has 0 aliphatic carbocycles. The zero-order chi connectivity index (χ0) is 14.1. The number of nitrogens with zero attached hydrogens (tertiary/aromatic N) is 2. The molecule has 1 amide bonds. The lowest BCUT2D eigenvalue weighted by atomic mass is 10.1. The second-order valence-corrected chi connectivity index (χ2v) is 5.48. The first-order valence-corrected chi connectivity index (χ1v) is 7.28. The quantitative estimate of drug-likeness (QED) is 0.801. The summed E-state index contributed by atoms with van der Waals surface area (Å²) in [5.74, 6) is -0.0672. The average Bonchev–Trinajstić information content (AvgIpc) is 2.96. The molecule has 1 aliphatic rings. The van der Waals surface area contributed by atoms with Crippen LogP contribution in [0.1, 0.15) is 0 Å². The molecule has 20 heavy (non-hydrogen) atoms. The number of nitrogens with two attached hydrogens (primary N) is 1. The number of nitrogens with one attached hydrogen (secondary N) is 1. The van der Waals surface area contributed by atoms with Crippen molar-refractivity contribution in [3.8, 4) is 0 Å². The van der Waals surface area contributed by atoms with Crippen molar-refractivity contribution < 1.29 is 9.53 Å². The summed E-state index contributed by atoms with van der Waals surface area (Å²) in [4.78, 5) is 18.3. The minimum Gasteiger partial charge on any atom is -0.395 e. The molecule has 1 aliphatic heterocycles. The van der Waals surface area contributed by atoms with E-state index in [1.807, 2.05) is 17.0 Å². The number of thiazole rings is 1. The van der Waals surface area contributed by atoms with Gasteiger partial charge in [0.1, 0.15) is 11.6 Å². The molecule has 0 radical (unpaired) electrons. The molecule has 0 spiro atoms. The second kappa shape index (κ2) is 5.26. The Morgan fingerprint density at radius 2 is 2.45 bits per heavy atom. The van der Waals surface area contributed by atoms with E-state index in [0.717, 1.165) is 15.9 Å². The third-order valence-corrected chi connectivity index (χ3v) is 4.30. The fourth-order valence-corrected chi connectivity index (χ4v) is 3.16. The Hall–Kier alpha value is -1.86. The Bertz CT molecular complexity index is 642. The lowest BCUT2D eigenvalue weighted by Gasteiger charge is -2.36. The number of anilines is 2. The molecular formula is C13H16N4O2S. The molecule has 1 atom stereocenters. The fraction of sp³-hybridized carbons (Fsp3) is 0.385. The van der Waals surface area contributed by atoms with Crippen LogP contribution in [-0.2, 0) is 9.53 Å². The van der Waals surface area contributed by atoms with Gasteiger partial charge in [-0.05, 0) is 12.1 Å². The van der Waals surface area contributed by atoms with E-state index in [1.165, 1.54) is 0 Å². The Labute approximate surface area is 120 Å². The first kappa shape index (κ1) is 13.1. The van der Waals surface area contributed by atoms with Crippen molar-refractivity contribution in [3.05, 3.63) is 17.6 Å². The number of rotatable bonds is 2. The van der Waals surface area contributed by atoms with Crippen LogP contribution >= 0.6 is 11.3 Å². The van der Waals surface area contributed by atoms with Crippen LogP contribution < -0.4 is 16.0 Å². The summed E-state index contributed by atoms with van der Waals surface area (Å²) < 4.78 is 6.46. The predicted octanol–water partition coefficient (Wildman–Crippen LogP) is 0.830. The van der Waals surface area contributed by atoms with Gasteiger partial charge < -0.3 is 20.7 Å². The van der Waals surface area contributed by atoms with Gasteiger partial charge in [0.05, 0.1) is 34.8 Å². The van der Waals surface area contributed by atoms with Gasteiger partial charge in [-0.25, -0.2) is 4.98 Å². The average molecular weight is 292 g/mol. The van der Waals surface area contributed by atoms with E-state index in [2.05, 4.69) is 10.3 Å². The van der Waals surface area contributed by atoms with Crippen LogP contribution in [0.4, 0.5) is 11.4 Å². The van der Waals surface area contributed by atoms with E-state index in [9.17, 15) is 4.79 Å². The molecule has 106 valence electrons. The van der Waals surface area contributed by atoms with Crippen LogP contribution in [0.3, 0.4) is 0 Å². The Kier molecular flexibility index (Phi) is 3.45. The van der Waals surface area contributed by atoms with Gasteiger partial charge in [0.15, 0.2) is 0 Å². The van der Waals surface area contributed by atoms with Crippen LogP contribution in [0.15, 0.2) is 17.6 Å². The third kappa shape index (κ3) is 2.08. The van der Waals surface area contributed by atoms with E-state index in [4.69, 9.17) is 10.5 Å². The number of carbonyl (C=O) groups is 1. The van der Waals surface area contributed by atoms with E-state index >= 15 is 0 Å². The molecule has 3 rings (SSSR count). The van der Waals surface area contributed by atoms with Gasteiger partial charge in [0, 0.05) is 13.6 Å². The number of morpholine rings is 1. The zero-order valence-corrected chi connectivity index (χ0v) is 11.9. The molecule has 6 nitrogen and oxygen atoms in total. The van der Waals surface area contributed by atoms with Gasteiger partial charge in [0.2, 0.25) is 5.91 Å². The fourth-order valence-electron chi connectivity index (χ4n) is 2.47. The SMILES string of the molecule is CNC(=O)C1COCCN1c1ccc2scnc2c1N. The number of amides is 1. The summed E-state index contributed by atoms with van der Waals surface area (Å²) in [6, 6.07) is 3.60. The van der Waals surface area contributed by atoms with E-state index in [-0.39, 0.29) is 11.9 Å². The standard InChI is InChI=1S/C13H16N4O2S/c1-15-13(18)9-6-19-5-4-17(9)8-2-3-10-12(11(8)14)16-7-20-10/h2-3,7,9H,4-6,14H2,1H3,(H,15,18). The minimum atomic E-state index is -0.355. The first-order chi connectivity index (χ1) is 9.72. The monoisotopic (exact) mass is 292 g/mol. The molecule has 3 N–H and O–H groups in total. The van der Waals surface area contributed by atoms with Gasteiger partial charge in [0.25, 0.3) is 0 Å². The number of carbonyl (C=O) groups excluding carboxylic acids is 1. The number of benzene rings is 1. The minimum absolute atomic E-state index is 0.0672. The lowest BCUT2D eigenvalue weighted by molar-refractivity contribution is -0.124. The molecule has 1 aromatic heterocycles. The number of nitrogen functional groups attached to an aromatic ring is 1. The maximum absolute atomic E-state index is 12.0. The van der Waals surface area contributed by atoms with Crippen molar-refractivity contribution in [3.63, 3.8) is 0 Å². The molecule has 1 aromatic carbocycles. The molecule has 0 bridgehead atoms. The highest BCUT2D eigenvalue weighted by Gasteiger charge is 2.30. The Morgan fingerprint density at radius 1 is 1.60 bits per heavy atom. The summed E-state index contributed by atoms with van der Waals surface area (Å²) in [5, 5.41) is 2.67. The van der Waals surface area contributed by atoms with Crippen LogP contribution in [0.5, 0.6) is 0 Å². The molecule has 1 unspecified atom stereocenters. The van der Waals surface area contributed by atoms with Crippen molar-refractivity contribution in [1.29, 1.82) is 0 Å². The highest BCUT2D eigenvalue weighted by Crippen LogP contribution is 2.34. The summed E-state index contributed by atoms with van der Waals surface area (Å²) in [6.45, 7) is 1.59. The summed E-state index contributed by atoms with van der Waals surface area (Å²) in [6.07, 6.45) is 0. The molecule has 0 saturated carbocycles. The van der Waals surface area contributed by atoms with E-state index in [1.54, 1.807) is 23.9 Å². The molecule has 1 saturated heterocycles. The summed E-state index contributed by atoms with van der Waals surface area (Å²) in [7, 11) is 1.63. The van der Waals surface area contributed by atoms with Crippen molar-refractivity contribution in [2.75, 3.05) is 37.4 Å². The van der Waals surface area contributed by atoms with Crippen LogP contribution in [0.25, 0.3) is 10.2 Å². The molecule has 2 heterocycles. The summed E-state index contributed by atoms with van der Waals surface area (Å²) in [5.41, 5.74) is 10.3. The maximum atomic E-state index is 12.0. The maximum Gasteiger partial charge on any atom is 0.244 e. The molecular weight excluding hydrogens is 276 g/mol. The van der Waals surface area contributed by atoms with Crippen molar-refractivity contribution in [1.82, 2.24) is 10.3 Å². The normalized spacial score (nSPS) is 19.2. The number of fused-ring (bicyclic) bond motifs is 1. The van der Waals surface area contributed by atoms with E-state index < -0.39 is 0 Å². The lowest BCUT2D eigenvalue weighted by Crippen LogP contribution is -2.53. The van der Waals surface area contributed by atoms with Crippen LogP contribution in [0.2, 0.25) is 0 Å². The number of hydrogen-bond donors (Lipinski definition) is 2. The zero-order valence-electron chi connectivity index (χ0n) is 11.1. The molecule has 2 aromatic rings. The number of hydrogen-bond acceptors (Lipinski definition) is 6. The Morgan fingerprint density at radius 3 is 3.25 bits per heavy atom. The molecule has 1 fully saturated rings. The smallest absolute Gasteiger partial charge is 0.244 e. The second-order valence-electron chi connectivity index (χ2n) is 4.60. The van der Waals surface area contributed by atoms with Gasteiger partial charge >= 0.3 is 0 Å². The Balaban J connectivity index is 2.03. The van der Waals surface area contributed by atoms with Gasteiger partial charge in [-0.3, -0.25) is 4.79 Å². The topological polar surface area (TPSA) is 80.5 Å². The first-order valence-electron chi connectivity index (χ1n) is 6.40. The summed E-state index contributed by atoms with van der Waals surface area (Å²) >= 11 is 1.55. The highest BCUT2D eigenvalue weighted by molar-refractivity contribution is 7.16. The van der Waals surface area contributed by atoms with E-state index in [0.29, 0.717) is 25.4 Å². The van der Waals surface area contributed by atoms with Gasteiger partial charge in [-0.2, -0.15) is 0 Å². The van der Waals surface area contributed by atoms with Crippen molar-refractivity contribution in [2.45, 2.75) is 6.04 Å². The van der Waals surface area contributed by atoms with Crippen molar-refractivity contribution in [2.24, 2.45) is 0 Å². The van der Waals surface area contributed by atoms with Crippen molar-refractivity contribution >= 4 is 38.8 Å². The van der Waals surface area contributed by atoms with Gasteiger partial charge in [-0.15, -0.1) is 11.3 Å².